The fraction of sp³-hybridized carbons (Fsp3) is 0.221. The van der Waals surface area contributed by atoms with Gasteiger partial charge in [0.05, 0.1) is 41.4 Å². The number of likely N-dealkylation sites (N-methyl/N-ethyl adjacent to an activating group) is 1. The molecule has 504 valence electrons. The van der Waals surface area contributed by atoms with E-state index in [1.165, 1.54) is 29.1 Å². The van der Waals surface area contributed by atoms with Crippen molar-refractivity contribution in [2.24, 2.45) is 5.73 Å². The highest BCUT2D eigenvalue weighted by Gasteiger charge is 2.29. The number of aryl methyl sites for hydroxylation is 3. The highest BCUT2D eigenvalue weighted by molar-refractivity contribution is 6.05. The number of fused-ring (bicyclic) bond motifs is 3. The van der Waals surface area contributed by atoms with Gasteiger partial charge in [-0.15, -0.1) is 0 Å². The zero-order chi connectivity index (χ0) is 69.9. The van der Waals surface area contributed by atoms with E-state index in [9.17, 15) is 19.5 Å². The summed E-state index contributed by atoms with van der Waals surface area (Å²) in [6.45, 7) is 14.2. The van der Waals surface area contributed by atoms with Crippen LogP contribution in [0.15, 0.2) is 184 Å². The van der Waals surface area contributed by atoms with Crippen LogP contribution in [0.5, 0.6) is 0 Å². The highest BCUT2D eigenvalue weighted by Crippen LogP contribution is 2.25. The Morgan fingerprint density at radius 3 is 1.11 bits per heavy atom. The second-order valence-corrected chi connectivity index (χ2v) is 25.3. The Balaban J connectivity index is 0.000000136. The van der Waals surface area contributed by atoms with Gasteiger partial charge in [0, 0.05) is 161 Å². The molecule has 0 bridgehead atoms. The van der Waals surface area contributed by atoms with Gasteiger partial charge in [-0.2, -0.15) is 15.3 Å². The van der Waals surface area contributed by atoms with Crippen LogP contribution in [0.3, 0.4) is 0 Å². The van der Waals surface area contributed by atoms with Crippen molar-refractivity contribution >= 4 is 51.7 Å². The minimum atomic E-state index is -0.249. The van der Waals surface area contributed by atoms with Gasteiger partial charge < -0.3 is 31.7 Å². The number of aromatic nitrogens is 12. The number of pyridine rings is 3. The summed E-state index contributed by atoms with van der Waals surface area (Å²) < 4.78 is 5.00. The van der Waals surface area contributed by atoms with Gasteiger partial charge in [0.25, 0.3) is 17.7 Å². The number of likely N-dealkylation sites (tertiary alicyclic amines) is 3. The molecule has 3 aliphatic rings. The van der Waals surface area contributed by atoms with Crippen LogP contribution in [0, 0.1) is 56.3 Å². The normalized spacial score (nSPS) is 13.9. The van der Waals surface area contributed by atoms with Gasteiger partial charge in [-0.25, -0.2) is 28.5 Å². The number of amides is 3. The van der Waals surface area contributed by atoms with Gasteiger partial charge in [-0.3, -0.25) is 44.0 Å². The van der Waals surface area contributed by atoms with Crippen molar-refractivity contribution < 1.29 is 19.5 Å². The summed E-state index contributed by atoms with van der Waals surface area (Å²) in [4.78, 5) is 73.0. The zero-order valence-electron chi connectivity index (χ0n) is 56.3. The number of nitrogens with two attached hydrogens (primary N) is 1. The lowest BCUT2D eigenvalue weighted by atomic mass is 10.0. The Morgan fingerprint density at radius 2 is 0.792 bits per heavy atom. The molecule has 0 spiro atoms. The largest absolute Gasteiger partial charge is 0.390 e. The monoisotopic (exact) mass is 1340 g/mol. The van der Waals surface area contributed by atoms with E-state index in [-0.39, 0.29) is 29.9 Å². The summed E-state index contributed by atoms with van der Waals surface area (Å²) in [6.07, 6.45) is 19.3. The minimum absolute atomic E-state index is 0.214. The van der Waals surface area contributed by atoms with E-state index in [0.717, 1.165) is 96.5 Å². The maximum Gasteiger partial charge on any atom is 0.257 e. The molecule has 24 nitrogen and oxygen atoms in total. The lowest BCUT2D eigenvalue weighted by Crippen LogP contribution is -2.56. The second kappa shape index (κ2) is 30.7. The molecular formula is C77H72N20O4. The second-order valence-electron chi connectivity index (χ2n) is 25.3. The van der Waals surface area contributed by atoms with Crippen molar-refractivity contribution in [2.45, 2.75) is 58.6 Å². The third-order valence-corrected chi connectivity index (χ3v) is 17.4. The lowest BCUT2D eigenvalue weighted by molar-refractivity contribution is -0.00297. The van der Waals surface area contributed by atoms with Crippen LogP contribution in [-0.4, -0.2) is 173 Å². The molecule has 3 fully saturated rings. The maximum absolute atomic E-state index is 12.9. The van der Waals surface area contributed by atoms with E-state index >= 15 is 0 Å². The van der Waals surface area contributed by atoms with Gasteiger partial charge in [0.15, 0.2) is 16.9 Å². The first kappa shape index (κ1) is 67.4. The van der Waals surface area contributed by atoms with E-state index in [1.807, 2.05) is 85.8 Å². The van der Waals surface area contributed by atoms with Crippen LogP contribution < -0.4 is 21.7 Å². The number of carbonyl (C=O) groups is 3. The predicted molar refractivity (Wildman–Crippen MR) is 384 cm³/mol. The van der Waals surface area contributed by atoms with E-state index < -0.39 is 0 Å². The first-order valence-corrected chi connectivity index (χ1v) is 32.8. The number of hydrogen-bond acceptors (Lipinski definition) is 18. The third-order valence-electron chi connectivity index (χ3n) is 17.4. The Bertz CT molecular complexity index is 5050. The van der Waals surface area contributed by atoms with Crippen LogP contribution in [0.1, 0.15) is 98.2 Å². The van der Waals surface area contributed by atoms with E-state index in [4.69, 9.17) is 5.73 Å². The molecule has 101 heavy (non-hydrogen) atoms. The van der Waals surface area contributed by atoms with Gasteiger partial charge >= 0.3 is 0 Å². The Labute approximate surface area is 583 Å². The van der Waals surface area contributed by atoms with Crippen molar-refractivity contribution in [3.63, 3.8) is 0 Å². The van der Waals surface area contributed by atoms with Crippen LogP contribution in [-0.2, 0) is 19.6 Å². The number of carbonyl (C=O) groups excluding carboxylic acids is 3. The molecule has 3 saturated heterocycles. The van der Waals surface area contributed by atoms with Crippen LogP contribution in [0.25, 0.3) is 16.9 Å². The van der Waals surface area contributed by atoms with Crippen LogP contribution in [0.4, 0.5) is 17.1 Å². The smallest absolute Gasteiger partial charge is 0.257 e. The minimum Gasteiger partial charge on any atom is -0.390 e. The van der Waals surface area contributed by atoms with Gasteiger partial charge in [-0.1, -0.05) is 36.0 Å². The molecule has 12 heterocycles. The van der Waals surface area contributed by atoms with Crippen molar-refractivity contribution in [3.8, 4) is 35.5 Å². The fourth-order valence-electron chi connectivity index (χ4n) is 11.6. The summed E-state index contributed by atoms with van der Waals surface area (Å²) >= 11 is 0. The summed E-state index contributed by atoms with van der Waals surface area (Å²) in [6, 6.07) is 35.0. The molecule has 3 aliphatic heterocycles. The number of aliphatic hydroxyl groups excluding tert-OH is 1. The molecule has 9 aromatic heterocycles. The topological polar surface area (TPSA) is 276 Å². The number of imidazole rings is 3. The number of aliphatic hydroxyl groups is 1. The molecule has 0 aliphatic carbocycles. The number of anilines is 3. The fourth-order valence-corrected chi connectivity index (χ4v) is 11.6. The molecule has 0 unspecified atom stereocenters. The summed E-state index contributed by atoms with van der Waals surface area (Å²) in [7, 11) is 4.25. The van der Waals surface area contributed by atoms with E-state index in [2.05, 4.69) is 156 Å². The van der Waals surface area contributed by atoms with Gasteiger partial charge in [0.2, 0.25) is 0 Å². The highest BCUT2D eigenvalue weighted by atomic mass is 16.3. The van der Waals surface area contributed by atoms with Gasteiger partial charge in [-0.05, 0) is 177 Å². The number of rotatable bonds is 13. The predicted octanol–water partition coefficient (Wildman–Crippen LogP) is 7.32. The average Bonchev–Trinajstić information content (AvgIpc) is 1.26. The Kier molecular flexibility index (Phi) is 20.5. The van der Waals surface area contributed by atoms with Crippen molar-refractivity contribution in [3.05, 3.63) is 267 Å². The number of nitrogens with one attached hydrogen (secondary N) is 3. The van der Waals surface area contributed by atoms with Gasteiger partial charge in [0.1, 0.15) is 17.1 Å². The molecule has 15 rings (SSSR count). The third kappa shape index (κ3) is 16.9. The standard InChI is InChI=1S/C27H27N7O.C25H23N7O.C25H22N6O2/c1-19-11-23(8-7-21(19)16-33-17-25(18-33)32(2)3)31-27(35)22-12-20(13-28-14-22)6-9-24-15-29-26-5-4-10-30-34(24)26;1-17-9-22(6-5-19(17)14-31-15-21(26)16-31)30-25(33)20-10-18(11-27-12-20)4-7-23-13-28-24-3-2-8-29-32(23)24;1-17-9-21(6-5-19(17)14-30-15-23(32)16-30)29-25(33)20-10-18(11-26-12-20)4-7-22-13-27-24-3-2-8-28-31(22)24/h4-5,7-8,10-15,25H,16-18H2,1-3H3,(H,31,35);2-3,5-6,8-13,21H,14-16,26H2,1H3,(H,30,33);2-3,5-6,8-13,23,32H,14-16H2,1H3,(H,29,33). The SMILES string of the molecule is Cc1cc(NC(=O)c2cncc(C#Cc3cnc4cccnn34)c2)ccc1CN1CC(N(C)C)C1.Cc1cc(NC(=O)c2cncc(C#Cc3cnc4cccnn34)c2)ccc1CN1CC(N)C1.Cc1cc(NC(=O)c2cncc(C#Cc3cnc4cccnn34)c2)ccc1CN1CC(O)C1. The van der Waals surface area contributed by atoms with E-state index in [1.54, 1.807) is 93.7 Å². The molecule has 6 N–H and O–H groups in total. The molecule has 24 heteroatoms. The molecule has 3 aromatic carbocycles. The Morgan fingerprint density at radius 1 is 0.455 bits per heavy atom. The molecule has 0 radical (unpaired) electrons. The first-order valence-electron chi connectivity index (χ1n) is 32.8. The number of β-amino-alcohol motifs (C(OH)–C–C–N with tert-alkyl or cyclic N) is 1. The summed E-state index contributed by atoms with van der Waals surface area (Å²) in [5.41, 5.74) is 22.5. The zero-order valence-corrected chi connectivity index (χ0v) is 56.3. The van der Waals surface area contributed by atoms with Crippen LogP contribution in [0.2, 0.25) is 0 Å². The van der Waals surface area contributed by atoms with E-state index in [0.29, 0.717) is 69.6 Å². The van der Waals surface area contributed by atoms with Crippen molar-refractivity contribution in [2.75, 3.05) is 69.3 Å². The van der Waals surface area contributed by atoms with Crippen LogP contribution >= 0.6 is 0 Å². The first-order chi connectivity index (χ1) is 49.1. The quantitative estimate of drug-likeness (QED) is 0.0707. The van der Waals surface area contributed by atoms with Crippen molar-refractivity contribution in [1.82, 2.24) is 78.3 Å². The average molecular weight is 1340 g/mol. The number of hydrogen-bond donors (Lipinski definition) is 5. The molecule has 3 amide bonds. The maximum atomic E-state index is 12.9. The molecule has 0 saturated carbocycles. The molecule has 12 aromatic rings. The molecular weight excluding hydrogens is 1270 g/mol. The number of benzene rings is 3. The lowest BCUT2D eigenvalue weighted by Gasteiger charge is -2.43. The Hall–Kier alpha value is -12.2. The summed E-state index contributed by atoms with van der Waals surface area (Å²) in [5.74, 6) is 17.6. The van der Waals surface area contributed by atoms with Crippen molar-refractivity contribution in [1.29, 1.82) is 0 Å². The molecule has 0 atom stereocenters. The number of nitrogens with zero attached hydrogens (tertiary/aromatic N) is 16. The summed E-state index contributed by atoms with van der Waals surface area (Å²) in [5, 5.41) is 31.1.